The van der Waals surface area contributed by atoms with Gasteiger partial charge in [0.2, 0.25) is 0 Å². The molecule has 2 aromatic carbocycles. The number of nitrogens with zero attached hydrogens (tertiary/aromatic N) is 2. The predicted octanol–water partition coefficient (Wildman–Crippen LogP) is 4.21. The summed E-state index contributed by atoms with van der Waals surface area (Å²) in [5.74, 6) is 0.945. The molecule has 0 amide bonds. The summed E-state index contributed by atoms with van der Waals surface area (Å²) in [6.45, 7) is 2.07. The molecule has 0 bridgehead atoms. The topological polar surface area (TPSA) is 42.1 Å². The van der Waals surface area contributed by atoms with Crippen LogP contribution in [0.15, 0.2) is 72.9 Å². The number of anilines is 2. The van der Waals surface area contributed by atoms with E-state index in [1.807, 2.05) is 61.8 Å². The minimum atomic E-state index is -0.154. The van der Waals surface area contributed by atoms with Crippen molar-refractivity contribution in [1.29, 1.82) is 0 Å². The molecule has 3 heteroatoms. The van der Waals surface area contributed by atoms with Gasteiger partial charge in [0.1, 0.15) is 5.82 Å². The van der Waals surface area contributed by atoms with Gasteiger partial charge >= 0.3 is 0 Å². The van der Waals surface area contributed by atoms with E-state index in [0.29, 0.717) is 0 Å². The lowest BCUT2D eigenvalue weighted by Gasteiger charge is -2.21. The second-order valence-electron chi connectivity index (χ2n) is 5.69. The van der Waals surface area contributed by atoms with E-state index in [2.05, 4.69) is 35.0 Å². The summed E-state index contributed by atoms with van der Waals surface area (Å²) >= 11 is 0. The van der Waals surface area contributed by atoms with E-state index >= 15 is 0 Å². The third-order valence-electron chi connectivity index (χ3n) is 4.05. The molecule has 0 aliphatic heterocycles. The Kier molecular flexibility index (Phi) is 4.40. The van der Waals surface area contributed by atoms with Crippen LogP contribution in [0.3, 0.4) is 0 Å². The fourth-order valence-electron chi connectivity index (χ4n) is 2.74. The van der Waals surface area contributed by atoms with Crippen molar-refractivity contribution in [2.75, 3.05) is 11.9 Å². The monoisotopic (exact) mass is 303 g/mol. The molecule has 1 atom stereocenters. The Labute approximate surface area is 137 Å². The number of aromatic nitrogens is 1. The highest BCUT2D eigenvalue weighted by Crippen LogP contribution is 2.27. The van der Waals surface area contributed by atoms with Gasteiger partial charge in [-0.25, -0.2) is 4.98 Å². The molecule has 0 aliphatic rings. The molecule has 3 nitrogen and oxygen atoms in total. The van der Waals surface area contributed by atoms with Crippen LogP contribution in [0.25, 0.3) is 0 Å². The Bertz CT molecular complexity index is 769. The zero-order valence-electron chi connectivity index (χ0n) is 13.5. The Morgan fingerprint density at radius 1 is 0.913 bits per heavy atom. The van der Waals surface area contributed by atoms with Crippen LogP contribution < -0.4 is 10.6 Å². The standard InChI is InChI=1S/C20H21N3/c1-15-13-17(19(21)16-9-5-3-6-10-16)14-22-20(15)23(2)18-11-7-4-8-12-18/h3-14,19H,21H2,1-2H3. The van der Waals surface area contributed by atoms with E-state index in [1.165, 1.54) is 0 Å². The van der Waals surface area contributed by atoms with E-state index in [-0.39, 0.29) is 6.04 Å². The number of hydrogen-bond acceptors (Lipinski definition) is 3. The van der Waals surface area contributed by atoms with Crippen molar-refractivity contribution in [2.24, 2.45) is 5.73 Å². The molecule has 3 aromatic rings. The van der Waals surface area contributed by atoms with Gasteiger partial charge in [-0.15, -0.1) is 0 Å². The molecule has 0 spiro atoms. The molecule has 0 fully saturated rings. The summed E-state index contributed by atoms with van der Waals surface area (Å²) in [6.07, 6.45) is 1.87. The number of pyridine rings is 1. The molecule has 23 heavy (non-hydrogen) atoms. The number of rotatable bonds is 4. The minimum Gasteiger partial charge on any atom is -0.329 e. The summed E-state index contributed by atoms with van der Waals surface area (Å²) in [5.41, 5.74) is 10.7. The molecule has 0 aliphatic carbocycles. The van der Waals surface area contributed by atoms with E-state index < -0.39 is 0 Å². The summed E-state index contributed by atoms with van der Waals surface area (Å²) < 4.78 is 0. The number of aryl methyl sites for hydroxylation is 1. The average molecular weight is 303 g/mol. The molecule has 1 aromatic heterocycles. The van der Waals surface area contributed by atoms with E-state index in [1.54, 1.807) is 0 Å². The zero-order chi connectivity index (χ0) is 16.2. The second kappa shape index (κ2) is 6.63. The molecular formula is C20H21N3. The molecule has 0 radical (unpaired) electrons. The van der Waals surface area contributed by atoms with Crippen LogP contribution in [0.2, 0.25) is 0 Å². The third-order valence-corrected chi connectivity index (χ3v) is 4.05. The average Bonchev–Trinajstić information content (AvgIpc) is 2.62. The first-order valence-electron chi connectivity index (χ1n) is 7.72. The fraction of sp³-hybridized carbons (Fsp3) is 0.150. The SMILES string of the molecule is Cc1cc(C(N)c2ccccc2)cnc1N(C)c1ccccc1. The quantitative estimate of drug-likeness (QED) is 0.785. The Balaban J connectivity index is 1.89. The van der Waals surface area contributed by atoms with Gasteiger partial charge in [-0.3, -0.25) is 0 Å². The first-order valence-corrected chi connectivity index (χ1v) is 7.72. The maximum Gasteiger partial charge on any atom is 0.135 e. The largest absolute Gasteiger partial charge is 0.329 e. The molecule has 2 N–H and O–H groups in total. The van der Waals surface area contributed by atoms with Crippen LogP contribution >= 0.6 is 0 Å². The third kappa shape index (κ3) is 3.25. The van der Waals surface area contributed by atoms with Crippen molar-refractivity contribution in [3.8, 4) is 0 Å². The van der Waals surface area contributed by atoms with Gasteiger partial charge in [0.15, 0.2) is 0 Å². The number of benzene rings is 2. The predicted molar refractivity (Wildman–Crippen MR) is 96.0 cm³/mol. The smallest absolute Gasteiger partial charge is 0.135 e. The van der Waals surface area contributed by atoms with Crippen molar-refractivity contribution in [3.05, 3.63) is 89.6 Å². The molecule has 116 valence electrons. The van der Waals surface area contributed by atoms with E-state index in [4.69, 9.17) is 5.73 Å². The van der Waals surface area contributed by atoms with Crippen molar-refractivity contribution >= 4 is 11.5 Å². The molecular weight excluding hydrogens is 282 g/mol. The maximum atomic E-state index is 6.37. The van der Waals surface area contributed by atoms with Gasteiger partial charge in [-0.1, -0.05) is 48.5 Å². The van der Waals surface area contributed by atoms with Crippen LogP contribution in [-0.4, -0.2) is 12.0 Å². The Morgan fingerprint density at radius 2 is 1.52 bits per heavy atom. The highest BCUT2D eigenvalue weighted by atomic mass is 15.2. The van der Waals surface area contributed by atoms with Gasteiger partial charge in [0.05, 0.1) is 6.04 Å². The maximum absolute atomic E-state index is 6.37. The summed E-state index contributed by atoms with van der Waals surface area (Å²) in [4.78, 5) is 6.74. The Hall–Kier alpha value is -2.65. The van der Waals surface area contributed by atoms with Crippen molar-refractivity contribution in [2.45, 2.75) is 13.0 Å². The molecule has 1 heterocycles. The number of para-hydroxylation sites is 1. The van der Waals surface area contributed by atoms with Gasteiger partial charge in [0, 0.05) is 18.9 Å². The van der Waals surface area contributed by atoms with Crippen LogP contribution in [0.5, 0.6) is 0 Å². The molecule has 0 saturated heterocycles. The molecule has 0 saturated carbocycles. The lowest BCUT2D eigenvalue weighted by molar-refractivity contribution is 0.859. The van der Waals surface area contributed by atoms with Gasteiger partial charge in [-0.05, 0) is 41.8 Å². The van der Waals surface area contributed by atoms with Crippen molar-refractivity contribution < 1.29 is 0 Å². The van der Waals surface area contributed by atoms with Gasteiger partial charge in [0.25, 0.3) is 0 Å². The lowest BCUT2D eigenvalue weighted by Crippen LogP contribution is -2.16. The van der Waals surface area contributed by atoms with Crippen molar-refractivity contribution in [1.82, 2.24) is 4.98 Å². The van der Waals surface area contributed by atoms with Gasteiger partial charge < -0.3 is 10.6 Å². The number of hydrogen-bond donors (Lipinski definition) is 1. The van der Waals surface area contributed by atoms with Gasteiger partial charge in [-0.2, -0.15) is 0 Å². The van der Waals surface area contributed by atoms with Crippen LogP contribution in [0.1, 0.15) is 22.7 Å². The second-order valence-corrected chi connectivity index (χ2v) is 5.69. The highest BCUT2D eigenvalue weighted by Gasteiger charge is 2.13. The number of nitrogens with two attached hydrogens (primary N) is 1. The van der Waals surface area contributed by atoms with Crippen LogP contribution in [0.4, 0.5) is 11.5 Å². The lowest BCUT2D eigenvalue weighted by atomic mass is 10.00. The van der Waals surface area contributed by atoms with E-state index in [0.717, 1.165) is 28.2 Å². The molecule has 3 rings (SSSR count). The highest BCUT2D eigenvalue weighted by molar-refractivity contribution is 5.62. The molecule has 1 unspecified atom stereocenters. The zero-order valence-corrected chi connectivity index (χ0v) is 13.5. The summed E-state index contributed by atoms with van der Waals surface area (Å²) in [5, 5.41) is 0. The first kappa shape index (κ1) is 15.3. The van der Waals surface area contributed by atoms with Crippen molar-refractivity contribution in [3.63, 3.8) is 0 Å². The van der Waals surface area contributed by atoms with Crippen LogP contribution in [-0.2, 0) is 0 Å². The fourth-order valence-corrected chi connectivity index (χ4v) is 2.74. The normalized spacial score (nSPS) is 12.0. The Morgan fingerprint density at radius 3 is 2.13 bits per heavy atom. The summed E-state index contributed by atoms with van der Waals surface area (Å²) in [6, 6.07) is 22.3. The first-order chi connectivity index (χ1) is 11.2. The van der Waals surface area contributed by atoms with E-state index in [9.17, 15) is 0 Å². The van der Waals surface area contributed by atoms with Crippen LogP contribution in [0, 0.1) is 6.92 Å². The summed E-state index contributed by atoms with van der Waals surface area (Å²) in [7, 11) is 2.03. The minimum absolute atomic E-state index is 0.154.